The number of benzene rings is 3. The van der Waals surface area contributed by atoms with Gasteiger partial charge >= 0.3 is 11.6 Å². The first kappa shape index (κ1) is 29.2. The lowest BCUT2D eigenvalue weighted by Gasteiger charge is -2.10. The summed E-state index contributed by atoms with van der Waals surface area (Å²) in [6.07, 6.45) is 1.23. The van der Waals surface area contributed by atoms with Gasteiger partial charge in [-0.2, -0.15) is 5.10 Å². The minimum absolute atomic E-state index is 0.0160. The molecule has 0 bridgehead atoms. The number of hydrogen-bond donors (Lipinski definition) is 1. The van der Waals surface area contributed by atoms with Crippen LogP contribution in [0.2, 0.25) is 5.02 Å². The maximum Gasteiger partial charge on any atom is 0.313 e. The van der Waals surface area contributed by atoms with Crippen molar-refractivity contribution >= 4 is 29.4 Å². The van der Waals surface area contributed by atoms with Gasteiger partial charge < -0.3 is 18.5 Å². The van der Waals surface area contributed by atoms with E-state index in [1.807, 2.05) is 54.6 Å². The minimum Gasteiger partial charge on any atom is -0.486 e. The van der Waals surface area contributed by atoms with Gasteiger partial charge in [0.2, 0.25) is 5.75 Å². The van der Waals surface area contributed by atoms with Crippen LogP contribution in [-0.4, -0.2) is 21.6 Å². The number of rotatable bonds is 11. The molecule has 0 fully saturated rings. The molecule has 5 rings (SSSR count). The average Bonchev–Trinajstić information content (AvgIpc) is 3.62. The third-order valence-electron chi connectivity index (χ3n) is 6.49. The van der Waals surface area contributed by atoms with E-state index in [0.29, 0.717) is 11.5 Å². The van der Waals surface area contributed by atoms with Crippen molar-refractivity contribution in [2.75, 3.05) is 0 Å². The summed E-state index contributed by atoms with van der Waals surface area (Å²) in [5.74, 6) is 0.465. The number of hydrazone groups is 1. The number of furan rings is 1. The van der Waals surface area contributed by atoms with Crippen molar-refractivity contribution < 1.29 is 23.6 Å². The third kappa shape index (κ3) is 7.11. The Morgan fingerprint density at radius 2 is 1.70 bits per heavy atom. The van der Waals surface area contributed by atoms with Gasteiger partial charge in [0.15, 0.2) is 5.76 Å². The predicted molar refractivity (Wildman–Crippen MR) is 162 cm³/mol. The molecule has 11 heteroatoms. The predicted octanol–water partition coefficient (Wildman–Crippen LogP) is 7.17. The van der Waals surface area contributed by atoms with Gasteiger partial charge in [0.25, 0.3) is 0 Å². The van der Waals surface area contributed by atoms with Crippen LogP contribution in [0.1, 0.15) is 38.8 Å². The molecule has 0 radical (unpaired) electrons. The normalized spacial score (nSPS) is 11.0. The van der Waals surface area contributed by atoms with E-state index >= 15 is 0 Å². The van der Waals surface area contributed by atoms with Gasteiger partial charge in [0, 0.05) is 33.7 Å². The number of ether oxygens (including phenoxy) is 2. The van der Waals surface area contributed by atoms with Crippen molar-refractivity contribution in [3.05, 3.63) is 140 Å². The molecule has 0 saturated carbocycles. The summed E-state index contributed by atoms with van der Waals surface area (Å²) in [5.41, 5.74) is 6.39. The fourth-order valence-corrected chi connectivity index (χ4v) is 4.65. The maximum absolute atomic E-state index is 12.6. The number of carbonyl (C=O) groups excluding carboxylic acids is 1. The van der Waals surface area contributed by atoms with Crippen molar-refractivity contribution in [2.24, 2.45) is 5.10 Å². The highest BCUT2D eigenvalue weighted by Gasteiger charge is 2.21. The quantitative estimate of drug-likeness (QED) is 0.0977. The van der Waals surface area contributed by atoms with Gasteiger partial charge in [-0.3, -0.25) is 14.9 Å². The van der Waals surface area contributed by atoms with Gasteiger partial charge in [-0.1, -0.05) is 41.9 Å². The molecule has 0 atom stereocenters. The van der Waals surface area contributed by atoms with Gasteiger partial charge in [-0.05, 0) is 74.0 Å². The van der Waals surface area contributed by atoms with Crippen LogP contribution in [-0.2, 0) is 13.2 Å². The Morgan fingerprint density at radius 3 is 2.40 bits per heavy atom. The summed E-state index contributed by atoms with van der Waals surface area (Å²) in [7, 11) is 0. The van der Waals surface area contributed by atoms with E-state index < -0.39 is 10.8 Å². The molecule has 0 spiro atoms. The Balaban J connectivity index is 1.21. The van der Waals surface area contributed by atoms with Gasteiger partial charge in [-0.15, -0.1) is 0 Å². The van der Waals surface area contributed by atoms with Crippen molar-refractivity contribution in [2.45, 2.75) is 27.1 Å². The Bertz CT molecular complexity index is 1760. The molecule has 3 aromatic carbocycles. The monoisotopic (exact) mass is 598 g/mol. The number of nitrogens with one attached hydrogen (secondary N) is 1. The fraction of sp³-hybridized carbons (Fsp3) is 0.125. The number of nitro groups is 1. The van der Waals surface area contributed by atoms with Crippen LogP contribution in [0.3, 0.4) is 0 Å². The Hall–Kier alpha value is -5.35. The van der Waals surface area contributed by atoms with E-state index in [1.165, 1.54) is 24.4 Å². The average molecular weight is 599 g/mol. The number of nitro benzene ring substituents is 1. The van der Waals surface area contributed by atoms with E-state index in [-0.39, 0.29) is 41.0 Å². The van der Waals surface area contributed by atoms with Crippen LogP contribution in [0, 0.1) is 24.0 Å². The third-order valence-corrected chi connectivity index (χ3v) is 6.71. The SMILES string of the molecule is Cc1ccc(C)n1-c1ccc(OCc2ccc(C(=O)N/N=C/c3cc(Cl)cc([N+](=O)[O-])c3OCc3ccccc3)o2)cc1. The maximum atomic E-state index is 12.6. The Labute approximate surface area is 252 Å². The largest absolute Gasteiger partial charge is 0.486 e. The smallest absolute Gasteiger partial charge is 0.313 e. The Kier molecular flexibility index (Phi) is 8.88. The molecule has 10 nitrogen and oxygen atoms in total. The fourth-order valence-electron chi connectivity index (χ4n) is 4.43. The molecule has 0 unspecified atom stereocenters. The highest BCUT2D eigenvalue weighted by molar-refractivity contribution is 6.31. The number of carbonyl (C=O) groups is 1. The van der Waals surface area contributed by atoms with E-state index in [0.717, 1.165) is 22.6 Å². The lowest BCUT2D eigenvalue weighted by atomic mass is 10.2. The molecule has 218 valence electrons. The number of hydrogen-bond acceptors (Lipinski definition) is 7. The lowest BCUT2D eigenvalue weighted by Crippen LogP contribution is -2.17. The summed E-state index contributed by atoms with van der Waals surface area (Å²) < 4.78 is 19.4. The second-order valence-corrected chi connectivity index (χ2v) is 10.0. The number of amides is 1. The summed E-state index contributed by atoms with van der Waals surface area (Å²) >= 11 is 6.10. The first-order valence-corrected chi connectivity index (χ1v) is 13.6. The molecule has 0 aliphatic carbocycles. The van der Waals surface area contributed by atoms with E-state index in [2.05, 4.69) is 41.1 Å². The standard InChI is InChI=1S/C32H27ClN4O6/c1-21-8-9-22(2)36(21)26-10-12-27(13-11-26)41-20-28-14-15-30(43-28)32(38)35-34-18-24-16-25(33)17-29(37(39)40)31(24)42-19-23-6-4-3-5-7-23/h3-18H,19-20H2,1-2H3,(H,35,38)/b34-18+. The molecule has 0 aliphatic heterocycles. The minimum atomic E-state index is -0.618. The van der Waals surface area contributed by atoms with Crippen LogP contribution in [0.15, 0.2) is 101 Å². The van der Waals surface area contributed by atoms with E-state index in [1.54, 1.807) is 6.07 Å². The molecule has 43 heavy (non-hydrogen) atoms. The molecule has 1 N–H and O–H groups in total. The first-order valence-electron chi connectivity index (χ1n) is 13.2. The number of nitrogens with zero attached hydrogens (tertiary/aromatic N) is 3. The van der Waals surface area contributed by atoms with Crippen molar-refractivity contribution in [1.29, 1.82) is 0 Å². The van der Waals surface area contributed by atoms with Crippen LogP contribution >= 0.6 is 11.6 Å². The number of halogens is 1. The second kappa shape index (κ2) is 13.1. The highest BCUT2D eigenvalue weighted by Crippen LogP contribution is 2.34. The molecule has 1 amide bonds. The molecule has 2 heterocycles. The van der Waals surface area contributed by atoms with Crippen LogP contribution < -0.4 is 14.9 Å². The molecular weight excluding hydrogens is 572 g/mol. The summed E-state index contributed by atoms with van der Waals surface area (Å²) in [6, 6.07) is 26.8. The topological polar surface area (TPSA) is 121 Å². The van der Waals surface area contributed by atoms with E-state index in [9.17, 15) is 14.9 Å². The number of aromatic nitrogens is 1. The zero-order chi connectivity index (χ0) is 30.3. The molecule has 2 aromatic heterocycles. The second-order valence-electron chi connectivity index (χ2n) is 9.57. The van der Waals surface area contributed by atoms with Gasteiger partial charge in [-0.25, -0.2) is 5.43 Å². The number of aryl methyl sites for hydroxylation is 2. The van der Waals surface area contributed by atoms with Crippen LogP contribution in [0.5, 0.6) is 11.5 Å². The van der Waals surface area contributed by atoms with Crippen molar-refractivity contribution in [3.63, 3.8) is 0 Å². The zero-order valence-corrected chi connectivity index (χ0v) is 24.1. The van der Waals surface area contributed by atoms with Crippen LogP contribution in [0.4, 0.5) is 5.69 Å². The van der Waals surface area contributed by atoms with Crippen molar-refractivity contribution in [1.82, 2.24) is 9.99 Å². The zero-order valence-electron chi connectivity index (χ0n) is 23.3. The molecule has 5 aromatic rings. The highest BCUT2D eigenvalue weighted by atomic mass is 35.5. The summed E-state index contributed by atoms with van der Waals surface area (Å²) in [6.45, 7) is 4.31. The summed E-state index contributed by atoms with van der Waals surface area (Å²) in [5, 5.41) is 15.7. The molecule has 0 saturated heterocycles. The lowest BCUT2D eigenvalue weighted by molar-refractivity contribution is -0.385. The van der Waals surface area contributed by atoms with Gasteiger partial charge in [0.1, 0.15) is 24.7 Å². The van der Waals surface area contributed by atoms with Gasteiger partial charge in [0.05, 0.1) is 11.1 Å². The molecular formula is C32H27ClN4O6. The van der Waals surface area contributed by atoms with Crippen LogP contribution in [0.25, 0.3) is 5.69 Å². The van der Waals surface area contributed by atoms with E-state index in [4.69, 9.17) is 25.5 Å². The van der Waals surface area contributed by atoms with Crippen molar-refractivity contribution in [3.8, 4) is 17.2 Å². The summed E-state index contributed by atoms with van der Waals surface area (Å²) in [4.78, 5) is 23.7. The molecule has 0 aliphatic rings. The Morgan fingerprint density at radius 1 is 0.977 bits per heavy atom. The first-order chi connectivity index (χ1) is 20.8.